The summed E-state index contributed by atoms with van der Waals surface area (Å²) in [6.45, 7) is 3.22. The zero-order valence-corrected chi connectivity index (χ0v) is 14.6. The maximum Gasteiger partial charge on any atom is 0.240 e. The van der Waals surface area contributed by atoms with Gasteiger partial charge in [0.1, 0.15) is 12.3 Å². The lowest BCUT2D eigenvalue weighted by Crippen LogP contribution is -2.41. The zero-order valence-electron chi connectivity index (χ0n) is 13.7. The molecule has 1 rings (SSSR count). The summed E-state index contributed by atoms with van der Waals surface area (Å²) in [5, 5.41) is 2.69. The van der Waals surface area contributed by atoms with Crippen LogP contribution in [-0.4, -0.2) is 54.0 Å². The van der Waals surface area contributed by atoms with E-state index in [-0.39, 0.29) is 12.5 Å². The molecule has 0 aliphatic rings. The highest BCUT2D eigenvalue weighted by Gasteiger charge is 2.23. The minimum atomic E-state index is -3.62. The monoisotopic (exact) mass is 344 g/mol. The highest BCUT2D eigenvalue weighted by molar-refractivity contribution is 7.92. The van der Waals surface area contributed by atoms with Crippen LogP contribution < -0.4 is 14.4 Å². The van der Waals surface area contributed by atoms with Crippen molar-refractivity contribution in [3.63, 3.8) is 0 Å². The average Bonchev–Trinajstić information content (AvgIpc) is 2.51. The van der Waals surface area contributed by atoms with Crippen molar-refractivity contribution in [3.05, 3.63) is 24.3 Å². The molecule has 1 amide bonds. The van der Waals surface area contributed by atoms with Gasteiger partial charge in [0.15, 0.2) is 0 Å². The standard InChI is InChI=1S/C15H24N2O5S/c1-4-22-11-7-10-16-15(18)12-17(23(3,19)20)13-8-5-6-9-14(13)21-2/h5-6,8-9H,4,7,10-12H2,1-3H3,(H,16,18). The first kappa shape index (κ1) is 19.2. The van der Waals surface area contributed by atoms with E-state index >= 15 is 0 Å². The number of sulfonamides is 1. The molecule has 0 unspecified atom stereocenters. The molecule has 0 saturated heterocycles. The third kappa shape index (κ3) is 6.45. The third-order valence-corrected chi connectivity index (χ3v) is 4.16. The summed E-state index contributed by atoms with van der Waals surface area (Å²) in [4.78, 5) is 12.0. The van der Waals surface area contributed by atoms with Crippen molar-refractivity contribution in [2.24, 2.45) is 0 Å². The van der Waals surface area contributed by atoms with Crippen LogP contribution in [0.5, 0.6) is 5.75 Å². The van der Waals surface area contributed by atoms with E-state index in [4.69, 9.17) is 9.47 Å². The van der Waals surface area contributed by atoms with Gasteiger partial charge in [0.05, 0.1) is 19.1 Å². The van der Waals surface area contributed by atoms with Gasteiger partial charge in [0, 0.05) is 19.8 Å². The largest absolute Gasteiger partial charge is 0.495 e. The van der Waals surface area contributed by atoms with Gasteiger partial charge in [-0.05, 0) is 25.5 Å². The number of rotatable bonds is 10. The molecular formula is C15H24N2O5S. The molecule has 23 heavy (non-hydrogen) atoms. The number of ether oxygens (including phenoxy) is 2. The van der Waals surface area contributed by atoms with Crippen molar-refractivity contribution in [1.82, 2.24) is 5.32 Å². The number of amides is 1. The molecule has 1 aromatic carbocycles. The number of nitrogens with one attached hydrogen (secondary N) is 1. The van der Waals surface area contributed by atoms with Crippen molar-refractivity contribution in [1.29, 1.82) is 0 Å². The van der Waals surface area contributed by atoms with Crippen LogP contribution in [0.3, 0.4) is 0 Å². The van der Waals surface area contributed by atoms with E-state index in [1.54, 1.807) is 24.3 Å². The first-order valence-electron chi connectivity index (χ1n) is 7.35. The average molecular weight is 344 g/mol. The van der Waals surface area contributed by atoms with Gasteiger partial charge < -0.3 is 14.8 Å². The van der Waals surface area contributed by atoms with Crippen LogP contribution in [0.2, 0.25) is 0 Å². The van der Waals surface area contributed by atoms with E-state index in [9.17, 15) is 13.2 Å². The Kier molecular flexibility index (Phi) is 7.84. The van der Waals surface area contributed by atoms with Gasteiger partial charge in [0.2, 0.25) is 15.9 Å². The molecule has 1 N–H and O–H groups in total. The maximum atomic E-state index is 12.0. The Morgan fingerprint density at radius 2 is 2.00 bits per heavy atom. The molecule has 0 heterocycles. The number of hydrogen-bond acceptors (Lipinski definition) is 5. The molecule has 0 saturated carbocycles. The van der Waals surface area contributed by atoms with Crippen LogP contribution in [0.4, 0.5) is 5.69 Å². The summed E-state index contributed by atoms with van der Waals surface area (Å²) >= 11 is 0. The fourth-order valence-electron chi connectivity index (χ4n) is 1.95. The normalized spacial score (nSPS) is 11.1. The van der Waals surface area contributed by atoms with E-state index in [0.29, 0.717) is 37.6 Å². The third-order valence-electron chi connectivity index (χ3n) is 3.03. The second kappa shape index (κ2) is 9.36. The zero-order chi connectivity index (χ0) is 17.3. The minimum absolute atomic E-state index is 0.298. The molecule has 0 atom stereocenters. The summed E-state index contributed by atoms with van der Waals surface area (Å²) in [5.41, 5.74) is 0.335. The van der Waals surface area contributed by atoms with Gasteiger partial charge in [-0.25, -0.2) is 8.42 Å². The van der Waals surface area contributed by atoms with Crippen LogP contribution in [-0.2, 0) is 19.6 Å². The Morgan fingerprint density at radius 1 is 1.30 bits per heavy atom. The highest BCUT2D eigenvalue weighted by atomic mass is 32.2. The summed E-state index contributed by atoms with van der Waals surface area (Å²) in [6, 6.07) is 6.67. The van der Waals surface area contributed by atoms with E-state index in [1.807, 2.05) is 6.92 Å². The van der Waals surface area contributed by atoms with Crippen LogP contribution >= 0.6 is 0 Å². The lowest BCUT2D eigenvalue weighted by Gasteiger charge is -2.23. The number of carbonyl (C=O) groups is 1. The van der Waals surface area contributed by atoms with Crippen LogP contribution in [0, 0.1) is 0 Å². The van der Waals surface area contributed by atoms with Crippen molar-refractivity contribution in [3.8, 4) is 5.75 Å². The van der Waals surface area contributed by atoms with Crippen molar-refractivity contribution >= 4 is 21.6 Å². The first-order chi connectivity index (χ1) is 10.9. The summed E-state index contributed by atoms with van der Waals surface area (Å²) in [6.07, 6.45) is 1.73. The lowest BCUT2D eigenvalue weighted by atomic mass is 10.3. The second-order valence-electron chi connectivity index (χ2n) is 4.84. The number of anilines is 1. The van der Waals surface area contributed by atoms with Gasteiger partial charge in [-0.1, -0.05) is 12.1 Å². The maximum absolute atomic E-state index is 12.0. The van der Waals surface area contributed by atoms with E-state index < -0.39 is 10.0 Å². The number of hydrogen-bond donors (Lipinski definition) is 1. The summed E-state index contributed by atoms with van der Waals surface area (Å²) in [5.74, 6) is 0.0138. The molecule has 0 aromatic heterocycles. The second-order valence-corrected chi connectivity index (χ2v) is 6.75. The first-order valence-corrected chi connectivity index (χ1v) is 9.20. The van der Waals surface area contributed by atoms with Gasteiger partial charge in [0.25, 0.3) is 0 Å². The molecule has 0 radical (unpaired) electrons. The fraction of sp³-hybridized carbons (Fsp3) is 0.533. The molecule has 1 aromatic rings. The van der Waals surface area contributed by atoms with Crippen molar-refractivity contribution in [2.45, 2.75) is 13.3 Å². The van der Waals surface area contributed by atoms with E-state index in [1.165, 1.54) is 7.11 Å². The topological polar surface area (TPSA) is 84.9 Å². The Balaban J connectivity index is 2.75. The van der Waals surface area contributed by atoms with Crippen LogP contribution in [0.15, 0.2) is 24.3 Å². The predicted octanol–water partition coefficient (Wildman–Crippen LogP) is 1.00. The summed E-state index contributed by atoms with van der Waals surface area (Å²) in [7, 11) is -2.17. The number of nitrogens with zero attached hydrogens (tertiary/aromatic N) is 1. The quantitative estimate of drug-likeness (QED) is 0.640. The van der Waals surface area contributed by atoms with E-state index in [2.05, 4.69) is 5.32 Å². The molecule has 0 aliphatic carbocycles. The molecule has 8 heteroatoms. The number of para-hydroxylation sites is 2. The SMILES string of the molecule is CCOCCCNC(=O)CN(c1ccccc1OC)S(C)(=O)=O. The summed E-state index contributed by atoms with van der Waals surface area (Å²) < 4.78 is 35.4. The smallest absolute Gasteiger partial charge is 0.240 e. The number of methoxy groups -OCH3 is 1. The Morgan fingerprint density at radius 3 is 2.61 bits per heavy atom. The Hall–Kier alpha value is -1.80. The van der Waals surface area contributed by atoms with Gasteiger partial charge in [-0.3, -0.25) is 9.10 Å². The van der Waals surface area contributed by atoms with Gasteiger partial charge >= 0.3 is 0 Å². The lowest BCUT2D eigenvalue weighted by molar-refractivity contribution is -0.119. The predicted molar refractivity (Wildman–Crippen MR) is 89.3 cm³/mol. The molecule has 0 fully saturated rings. The van der Waals surface area contributed by atoms with Crippen molar-refractivity contribution < 1.29 is 22.7 Å². The molecule has 7 nitrogen and oxygen atoms in total. The van der Waals surface area contributed by atoms with E-state index in [0.717, 1.165) is 10.6 Å². The molecule has 130 valence electrons. The fourth-order valence-corrected chi connectivity index (χ4v) is 2.81. The molecule has 0 spiro atoms. The minimum Gasteiger partial charge on any atom is -0.495 e. The van der Waals surface area contributed by atoms with Gasteiger partial charge in [-0.15, -0.1) is 0 Å². The number of carbonyl (C=O) groups excluding carboxylic acids is 1. The molecular weight excluding hydrogens is 320 g/mol. The molecule has 0 aliphatic heterocycles. The Labute approximate surface area is 137 Å². The van der Waals surface area contributed by atoms with Crippen LogP contribution in [0.25, 0.3) is 0 Å². The van der Waals surface area contributed by atoms with Crippen LogP contribution in [0.1, 0.15) is 13.3 Å². The molecule has 0 bridgehead atoms. The Bertz CT molecular complexity index is 604. The number of benzene rings is 1. The van der Waals surface area contributed by atoms with Gasteiger partial charge in [-0.2, -0.15) is 0 Å². The highest BCUT2D eigenvalue weighted by Crippen LogP contribution is 2.29. The van der Waals surface area contributed by atoms with Crippen molar-refractivity contribution in [2.75, 3.05) is 44.0 Å².